The Hall–Kier alpha value is -0.380. The number of thiophene rings is 1. The maximum Gasteiger partial charge on any atom is 0.0561 e. The molecule has 1 saturated heterocycles. The molecule has 2 rings (SSSR count). The van der Waals surface area contributed by atoms with E-state index < -0.39 is 0 Å². The van der Waals surface area contributed by atoms with Crippen LogP contribution >= 0.6 is 11.3 Å². The Morgan fingerprint density at radius 2 is 2.29 bits per heavy atom. The lowest BCUT2D eigenvalue weighted by Crippen LogP contribution is -2.41. The summed E-state index contributed by atoms with van der Waals surface area (Å²) in [5.41, 5.74) is 0. The molecule has 1 aliphatic rings. The second-order valence-corrected chi connectivity index (χ2v) is 6.29. The third-order valence-corrected chi connectivity index (χ3v) is 4.37. The van der Waals surface area contributed by atoms with Crippen molar-refractivity contribution in [3.8, 4) is 0 Å². The molecule has 2 nitrogen and oxygen atoms in total. The maximum atomic E-state index is 5.60. The Morgan fingerprint density at radius 1 is 1.47 bits per heavy atom. The van der Waals surface area contributed by atoms with Gasteiger partial charge in [-0.15, -0.1) is 11.3 Å². The standard InChI is InChI=1S/C14H23NOS/c1-10(2)14(13-5-4-8-17-13)15-12-6-7-16-11(3)9-12/h4-5,8,10-12,14-15H,6-7,9H2,1-3H3. The molecular weight excluding hydrogens is 230 g/mol. The monoisotopic (exact) mass is 253 g/mol. The highest BCUT2D eigenvalue weighted by Crippen LogP contribution is 2.28. The zero-order valence-corrected chi connectivity index (χ0v) is 11.8. The highest BCUT2D eigenvalue weighted by Gasteiger charge is 2.24. The molecule has 0 radical (unpaired) electrons. The van der Waals surface area contributed by atoms with Crippen LogP contribution in [0.2, 0.25) is 0 Å². The summed E-state index contributed by atoms with van der Waals surface area (Å²) in [6.45, 7) is 7.65. The van der Waals surface area contributed by atoms with Gasteiger partial charge < -0.3 is 10.1 Å². The number of hydrogen-bond acceptors (Lipinski definition) is 3. The minimum absolute atomic E-state index is 0.400. The fraction of sp³-hybridized carbons (Fsp3) is 0.714. The Labute approximate surface area is 108 Å². The summed E-state index contributed by atoms with van der Waals surface area (Å²) in [4.78, 5) is 1.46. The number of ether oxygens (including phenoxy) is 1. The Morgan fingerprint density at radius 3 is 2.88 bits per heavy atom. The van der Waals surface area contributed by atoms with E-state index in [0.717, 1.165) is 19.4 Å². The van der Waals surface area contributed by atoms with E-state index in [2.05, 4.69) is 43.6 Å². The van der Waals surface area contributed by atoms with Gasteiger partial charge in [-0.2, -0.15) is 0 Å². The minimum atomic E-state index is 0.400. The third kappa shape index (κ3) is 3.54. The van der Waals surface area contributed by atoms with Gasteiger partial charge in [0.05, 0.1) is 6.10 Å². The van der Waals surface area contributed by atoms with Crippen LogP contribution in [0, 0.1) is 5.92 Å². The smallest absolute Gasteiger partial charge is 0.0561 e. The molecule has 3 heteroatoms. The van der Waals surface area contributed by atoms with Gasteiger partial charge in [0.2, 0.25) is 0 Å². The number of nitrogens with one attached hydrogen (secondary N) is 1. The molecule has 0 amide bonds. The van der Waals surface area contributed by atoms with E-state index in [-0.39, 0.29) is 0 Å². The van der Waals surface area contributed by atoms with Crippen LogP contribution in [0.3, 0.4) is 0 Å². The summed E-state index contributed by atoms with van der Waals surface area (Å²) in [6.07, 6.45) is 2.67. The molecule has 3 unspecified atom stereocenters. The Kier molecular flexibility index (Phi) is 4.60. The average molecular weight is 253 g/mol. The minimum Gasteiger partial charge on any atom is -0.378 e. The molecule has 1 aliphatic heterocycles. The molecule has 1 aromatic heterocycles. The topological polar surface area (TPSA) is 21.3 Å². The van der Waals surface area contributed by atoms with Gasteiger partial charge in [-0.25, -0.2) is 0 Å². The second kappa shape index (κ2) is 5.98. The number of hydrogen-bond donors (Lipinski definition) is 1. The molecule has 1 N–H and O–H groups in total. The molecule has 0 spiro atoms. The van der Waals surface area contributed by atoms with Crippen molar-refractivity contribution in [2.75, 3.05) is 6.61 Å². The van der Waals surface area contributed by atoms with Crippen molar-refractivity contribution in [2.24, 2.45) is 5.92 Å². The largest absolute Gasteiger partial charge is 0.378 e. The molecule has 3 atom stereocenters. The predicted octanol–water partition coefficient (Wildman–Crippen LogP) is 3.60. The first-order chi connectivity index (χ1) is 8.16. The van der Waals surface area contributed by atoms with Gasteiger partial charge in [0, 0.05) is 23.6 Å². The van der Waals surface area contributed by atoms with Crippen molar-refractivity contribution in [3.63, 3.8) is 0 Å². The molecular formula is C14H23NOS. The van der Waals surface area contributed by atoms with E-state index in [1.807, 2.05) is 11.3 Å². The summed E-state index contributed by atoms with van der Waals surface area (Å²) in [5.74, 6) is 0.631. The van der Waals surface area contributed by atoms with Crippen LogP contribution < -0.4 is 5.32 Å². The first-order valence-corrected chi connectivity index (χ1v) is 7.46. The van der Waals surface area contributed by atoms with Crippen LogP contribution in [0.5, 0.6) is 0 Å². The van der Waals surface area contributed by atoms with Crippen molar-refractivity contribution in [1.82, 2.24) is 5.32 Å². The van der Waals surface area contributed by atoms with Crippen LogP contribution in [0.4, 0.5) is 0 Å². The Bertz CT molecular complexity index is 323. The van der Waals surface area contributed by atoms with Crippen LogP contribution in [0.25, 0.3) is 0 Å². The summed E-state index contributed by atoms with van der Waals surface area (Å²) in [7, 11) is 0. The molecule has 96 valence electrons. The molecule has 0 aliphatic carbocycles. The van der Waals surface area contributed by atoms with Gasteiger partial charge in [0.25, 0.3) is 0 Å². The van der Waals surface area contributed by atoms with Crippen molar-refractivity contribution < 1.29 is 4.74 Å². The lowest BCUT2D eigenvalue weighted by molar-refractivity contribution is 0.0101. The molecule has 1 aromatic rings. The first-order valence-electron chi connectivity index (χ1n) is 6.58. The van der Waals surface area contributed by atoms with E-state index in [1.54, 1.807) is 0 Å². The van der Waals surface area contributed by atoms with Gasteiger partial charge in [-0.3, -0.25) is 0 Å². The van der Waals surface area contributed by atoms with Gasteiger partial charge in [-0.05, 0) is 37.1 Å². The highest BCUT2D eigenvalue weighted by molar-refractivity contribution is 7.10. The summed E-state index contributed by atoms with van der Waals surface area (Å²) in [5, 5.41) is 5.98. The normalized spacial score (nSPS) is 27.3. The Balaban J connectivity index is 1.98. The fourth-order valence-electron chi connectivity index (χ4n) is 2.47. The van der Waals surface area contributed by atoms with Gasteiger partial charge in [-0.1, -0.05) is 19.9 Å². The molecule has 0 bridgehead atoms. The molecule has 17 heavy (non-hydrogen) atoms. The predicted molar refractivity (Wildman–Crippen MR) is 73.5 cm³/mol. The molecule has 1 fully saturated rings. The van der Waals surface area contributed by atoms with Crippen LogP contribution in [-0.4, -0.2) is 18.8 Å². The van der Waals surface area contributed by atoms with Crippen LogP contribution in [-0.2, 0) is 4.74 Å². The summed E-state index contributed by atoms with van der Waals surface area (Å²) in [6, 6.07) is 5.48. The van der Waals surface area contributed by atoms with E-state index in [9.17, 15) is 0 Å². The van der Waals surface area contributed by atoms with Crippen molar-refractivity contribution in [3.05, 3.63) is 22.4 Å². The summed E-state index contributed by atoms with van der Waals surface area (Å²) >= 11 is 1.85. The lowest BCUT2D eigenvalue weighted by atomic mass is 9.98. The quantitative estimate of drug-likeness (QED) is 0.885. The van der Waals surface area contributed by atoms with E-state index >= 15 is 0 Å². The first kappa shape index (κ1) is 13.1. The van der Waals surface area contributed by atoms with Crippen molar-refractivity contribution >= 4 is 11.3 Å². The lowest BCUT2D eigenvalue weighted by Gasteiger charge is -2.33. The van der Waals surface area contributed by atoms with Gasteiger partial charge >= 0.3 is 0 Å². The van der Waals surface area contributed by atoms with Crippen LogP contribution in [0.1, 0.15) is 44.5 Å². The number of rotatable bonds is 4. The average Bonchev–Trinajstić information content (AvgIpc) is 2.78. The van der Waals surface area contributed by atoms with Crippen LogP contribution in [0.15, 0.2) is 17.5 Å². The highest BCUT2D eigenvalue weighted by atomic mass is 32.1. The zero-order valence-electron chi connectivity index (χ0n) is 11.0. The second-order valence-electron chi connectivity index (χ2n) is 5.31. The van der Waals surface area contributed by atoms with Crippen molar-refractivity contribution in [2.45, 2.75) is 51.8 Å². The third-order valence-electron chi connectivity index (χ3n) is 3.42. The fourth-order valence-corrected chi connectivity index (χ4v) is 3.43. The molecule has 0 saturated carbocycles. The SMILES string of the molecule is CC1CC(NC(c2cccs2)C(C)C)CCO1. The van der Waals surface area contributed by atoms with E-state index in [1.165, 1.54) is 4.88 Å². The molecule has 2 heterocycles. The summed E-state index contributed by atoms with van der Waals surface area (Å²) < 4.78 is 5.60. The van der Waals surface area contributed by atoms with E-state index in [0.29, 0.717) is 24.1 Å². The maximum absolute atomic E-state index is 5.60. The zero-order chi connectivity index (χ0) is 12.3. The van der Waals surface area contributed by atoms with Crippen molar-refractivity contribution in [1.29, 1.82) is 0 Å². The van der Waals surface area contributed by atoms with Gasteiger partial charge in [0.15, 0.2) is 0 Å². The van der Waals surface area contributed by atoms with E-state index in [4.69, 9.17) is 4.74 Å². The molecule has 0 aromatic carbocycles. The van der Waals surface area contributed by atoms with Gasteiger partial charge in [0.1, 0.15) is 0 Å².